The van der Waals surface area contributed by atoms with Crippen LogP contribution in [0.15, 0.2) is 42.5 Å². The van der Waals surface area contributed by atoms with Crippen LogP contribution in [0.5, 0.6) is 5.75 Å². The summed E-state index contributed by atoms with van der Waals surface area (Å²) in [5.74, 6) is 0.157. The van der Waals surface area contributed by atoms with E-state index in [9.17, 15) is 14.7 Å². The number of hydrogen-bond acceptors (Lipinski definition) is 6. The standard InChI is InChI=1S/C27H33N3O5/c1-19-18-34-12-11-30(19)26(32)21-6-7-24-25(14-21)35-13-10-29(27(24)33)17-23(31)16-28-9-8-20-4-2-3-5-22(20)15-28/h2-7,14,19,23,31H,8-13,15-18H2,1H3. The van der Waals surface area contributed by atoms with Crippen molar-refractivity contribution in [2.45, 2.75) is 32.0 Å². The van der Waals surface area contributed by atoms with E-state index in [-0.39, 0.29) is 24.4 Å². The van der Waals surface area contributed by atoms with Crippen LogP contribution < -0.4 is 4.74 Å². The second-order valence-electron chi connectivity index (χ2n) is 9.64. The average Bonchev–Trinajstić information content (AvgIpc) is 3.02. The van der Waals surface area contributed by atoms with Crippen LogP contribution in [0, 0.1) is 0 Å². The molecule has 3 aliphatic heterocycles. The fraction of sp³-hybridized carbons (Fsp3) is 0.481. The number of hydrogen-bond donors (Lipinski definition) is 1. The number of morpholine rings is 1. The van der Waals surface area contributed by atoms with Crippen molar-refractivity contribution in [3.05, 3.63) is 64.7 Å². The van der Waals surface area contributed by atoms with Crippen LogP contribution >= 0.6 is 0 Å². The van der Waals surface area contributed by atoms with Crippen molar-refractivity contribution in [1.82, 2.24) is 14.7 Å². The minimum absolute atomic E-state index is 0.00275. The summed E-state index contributed by atoms with van der Waals surface area (Å²) < 4.78 is 11.3. The highest BCUT2D eigenvalue weighted by Gasteiger charge is 2.29. The number of fused-ring (bicyclic) bond motifs is 2. The maximum atomic E-state index is 13.3. The molecule has 1 fully saturated rings. The van der Waals surface area contributed by atoms with Gasteiger partial charge in [-0.25, -0.2) is 0 Å². The molecule has 8 heteroatoms. The van der Waals surface area contributed by atoms with Gasteiger partial charge in [-0.3, -0.25) is 14.5 Å². The number of ether oxygens (including phenoxy) is 2. The number of carbonyl (C=O) groups is 2. The number of nitrogens with zero attached hydrogens (tertiary/aromatic N) is 3. The molecule has 0 bridgehead atoms. The summed E-state index contributed by atoms with van der Waals surface area (Å²) in [7, 11) is 0. The Labute approximate surface area is 206 Å². The van der Waals surface area contributed by atoms with Gasteiger partial charge in [0.2, 0.25) is 0 Å². The summed E-state index contributed by atoms with van der Waals surface area (Å²) in [6.07, 6.45) is 0.311. The number of rotatable bonds is 5. The second-order valence-corrected chi connectivity index (χ2v) is 9.64. The van der Waals surface area contributed by atoms with Crippen molar-refractivity contribution in [3.63, 3.8) is 0 Å². The molecular weight excluding hydrogens is 446 g/mol. The van der Waals surface area contributed by atoms with Gasteiger partial charge in [-0.05, 0) is 42.7 Å². The lowest BCUT2D eigenvalue weighted by Gasteiger charge is -2.33. The second kappa shape index (κ2) is 10.4. The van der Waals surface area contributed by atoms with Gasteiger partial charge in [-0.15, -0.1) is 0 Å². The quantitative estimate of drug-likeness (QED) is 0.704. The van der Waals surface area contributed by atoms with Crippen molar-refractivity contribution in [2.75, 3.05) is 52.5 Å². The van der Waals surface area contributed by atoms with Crippen molar-refractivity contribution in [1.29, 1.82) is 0 Å². The number of aliphatic hydroxyl groups is 1. The molecule has 186 valence electrons. The molecule has 3 heterocycles. The Morgan fingerprint density at radius 3 is 2.74 bits per heavy atom. The molecule has 5 rings (SSSR count). The Balaban J connectivity index is 1.23. The Morgan fingerprint density at radius 1 is 1.09 bits per heavy atom. The Bertz CT molecular complexity index is 1090. The van der Waals surface area contributed by atoms with Crippen LogP contribution in [0.3, 0.4) is 0 Å². The first-order chi connectivity index (χ1) is 17.0. The first-order valence-electron chi connectivity index (χ1n) is 12.4. The number of carbonyl (C=O) groups excluding carboxylic acids is 2. The molecule has 2 aromatic carbocycles. The molecule has 2 unspecified atom stereocenters. The highest BCUT2D eigenvalue weighted by atomic mass is 16.5. The largest absolute Gasteiger partial charge is 0.491 e. The van der Waals surface area contributed by atoms with E-state index in [0.29, 0.717) is 56.3 Å². The summed E-state index contributed by atoms with van der Waals surface area (Å²) in [5.41, 5.74) is 3.60. The zero-order valence-corrected chi connectivity index (χ0v) is 20.2. The molecule has 0 saturated carbocycles. The highest BCUT2D eigenvalue weighted by molar-refractivity contribution is 6.00. The fourth-order valence-electron chi connectivity index (χ4n) is 5.18. The van der Waals surface area contributed by atoms with Gasteiger partial charge in [0.05, 0.1) is 37.5 Å². The molecule has 8 nitrogen and oxygen atoms in total. The number of aliphatic hydroxyl groups excluding tert-OH is 1. The molecule has 1 N–H and O–H groups in total. The fourth-order valence-corrected chi connectivity index (χ4v) is 5.18. The van der Waals surface area contributed by atoms with E-state index in [1.807, 2.05) is 13.0 Å². The van der Waals surface area contributed by atoms with Gasteiger partial charge >= 0.3 is 0 Å². The van der Waals surface area contributed by atoms with E-state index in [0.717, 1.165) is 19.5 Å². The monoisotopic (exact) mass is 479 g/mol. The normalized spacial score (nSPS) is 21.5. The van der Waals surface area contributed by atoms with Crippen molar-refractivity contribution >= 4 is 11.8 Å². The summed E-state index contributed by atoms with van der Waals surface area (Å²) in [6.45, 7) is 6.72. The molecule has 0 spiro atoms. The zero-order chi connectivity index (χ0) is 24.4. The van der Waals surface area contributed by atoms with Gasteiger partial charge < -0.3 is 24.4 Å². The van der Waals surface area contributed by atoms with Crippen LogP contribution in [-0.4, -0.2) is 96.3 Å². The topological polar surface area (TPSA) is 82.5 Å². The molecule has 1 saturated heterocycles. The molecule has 35 heavy (non-hydrogen) atoms. The van der Waals surface area contributed by atoms with Gasteiger partial charge in [0.1, 0.15) is 12.4 Å². The van der Waals surface area contributed by atoms with Crippen LogP contribution in [0.1, 0.15) is 38.8 Å². The van der Waals surface area contributed by atoms with Gasteiger partial charge in [0.15, 0.2) is 0 Å². The Morgan fingerprint density at radius 2 is 1.91 bits per heavy atom. The molecular formula is C27H33N3O5. The van der Waals surface area contributed by atoms with E-state index in [1.165, 1.54) is 11.1 Å². The lowest BCUT2D eigenvalue weighted by Crippen LogP contribution is -2.47. The van der Waals surface area contributed by atoms with E-state index in [4.69, 9.17) is 9.47 Å². The van der Waals surface area contributed by atoms with E-state index >= 15 is 0 Å². The minimum Gasteiger partial charge on any atom is -0.491 e. The minimum atomic E-state index is -0.658. The lowest BCUT2D eigenvalue weighted by atomic mass is 10.00. The predicted molar refractivity (Wildman–Crippen MR) is 131 cm³/mol. The molecule has 2 amide bonds. The van der Waals surface area contributed by atoms with Gasteiger partial charge in [-0.1, -0.05) is 24.3 Å². The molecule has 0 aromatic heterocycles. The Hall–Kier alpha value is -2.94. The third-order valence-corrected chi connectivity index (χ3v) is 7.10. The maximum Gasteiger partial charge on any atom is 0.257 e. The maximum absolute atomic E-state index is 13.3. The van der Waals surface area contributed by atoms with E-state index < -0.39 is 6.10 Å². The van der Waals surface area contributed by atoms with Crippen LogP contribution in [0.4, 0.5) is 0 Å². The van der Waals surface area contributed by atoms with E-state index in [1.54, 1.807) is 28.0 Å². The first kappa shape index (κ1) is 23.8. The third kappa shape index (κ3) is 5.19. The van der Waals surface area contributed by atoms with Crippen molar-refractivity contribution < 1.29 is 24.2 Å². The van der Waals surface area contributed by atoms with E-state index in [2.05, 4.69) is 23.1 Å². The Kier molecular flexibility index (Phi) is 7.04. The molecule has 2 aromatic rings. The smallest absolute Gasteiger partial charge is 0.257 e. The molecule has 2 atom stereocenters. The van der Waals surface area contributed by atoms with Crippen molar-refractivity contribution in [3.8, 4) is 5.75 Å². The van der Waals surface area contributed by atoms with Crippen LogP contribution in [-0.2, 0) is 17.7 Å². The van der Waals surface area contributed by atoms with Crippen LogP contribution in [0.25, 0.3) is 0 Å². The number of β-amino-alcohol motifs (C(OH)–C–C–N with tert-alkyl or cyclic N) is 1. The summed E-state index contributed by atoms with van der Waals surface area (Å²) in [4.78, 5) is 32.0. The predicted octanol–water partition coefficient (Wildman–Crippen LogP) is 1.80. The van der Waals surface area contributed by atoms with Crippen molar-refractivity contribution in [2.24, 2.45) is 0 Å². The number of amides is 2. The summed E-state index contributed by atoms with van der Waals surface area (Å²) in [6, 6.07) is 13.4. The van der Waals surface area contributed by atoms with Crippen LogP contribution in [0.2, 0.25) is 0 Å². The number of benzene rings is 2. The third-order valence-electron chi connectivity index (χ3n) is 7.10. The summed E-state index contributed by atoms with van der Waals surface area (Å²) >= 11 is 0. The van der Waals surface area contributed by atoms with Gasteiger partial charge in [0.25, 0.3) is 11.8 Å². The SMILES string of the molecule is CC1COCCN1C(=O)c1ccc2c(c1)OCCN(CC(O)CN1CCc3ccccc3C1)C2=O. The zero-order valence-electron chi connectivity index (χ0n) is 20.2. The molecule has 0 radical (unpaired) electrons. The van der Waals surface area contributed by atoms with Gasteiger partial charge in [-0.2, -0.15) is 0 Å². The van der Waals surface area contributed by atoms with Gasteiger partial charge in [0, 0.05) is 38.3 Å². The molecule has 3 aliphatic rings. The first-order valence-corrected chi connectivity index (χ1v) is 12.4. The molecule has 0 aliphatic carbocycles. The summed E-state index contributed by atoms with van der Waals surface area (Å²) in [5, 5.41) is 10.8. The average molecular weight is 480 g/mol. The lowest BCUT2D eigenvalue weighted by molar-refractivity contribution is 0.00357. The highest BCUT2D eigenvalue weighted by Crippen LogP contribution is 2.26.